The van der Waals surface area contributed by atoms with Crippen molar-refractivity contribution in [2.24, 2.45) is 4.99 Å². The van der Waals surface area contributed by atoms with Crippen LogP contribution in [0.1, 0.15) is 43.1 Å². The Bertz CT molecular complexity index is 856. The van der Waals surface area contributed by atoms with Gasteiger partial charge in [0.1, 0.15) is 0 Å². The van der Waals surface area contributed by atoms with Crippen LogP contribution in [0.3, 0.4) is 0 Å². The van der Waals surface area contributed by atoms with Crippen molar-refractivity contribution in [3.05, 3.63) is 53.6 Å². The molecule has 1 amide bonds. The molecule has 1 unspecified atom stereocenters. The van der Waals surface area contributed by atoms with Crippen LogP contribution in [0, 0.1) is 0 Å². The van der Waals surface area contributed by atoms with Gasteiger partial charge in [0.25, 0.3) is 5.91 Å². The highest BCUT2D eigenvalue weighted by atomic mass is 127. The second-order valence-electron chi connectivity index (χ2n) is 6.87. The number of nitrogens with one attached hydrogen (secondary N) is 3. The van der Waals surface area contributed by atoms with Crippen LogP contribution >= 0.6 is 24.0 Å². The van der Waals surface area contributed by atoms with Crippen LogP contribution in [0.2, 0.25) is 0 Å². The first kappa shape index (κ1) is 26.5. The fourth-order valence-electron chi connectivity index (χ4n) is 2.70. The first-order chi connectivity index (χ1) is 14.5. The van der Waals surface area contributed by atoms with E-state index in [0.717, 1.165) is 24.2 Å². The number of aliphatic imine (C=N–C) groups is 1. The second-order valence-corrected chi connectivity index (χ2v) is 6.87. The largest absolute Gasteiger partial charge is 0.493 e. The Morgan fingerprint density at radius 3 is 2.29 bits per heavy atom. The number of amides is 1. The molecular formula is C23H33IN4O3. The SMILES string of the molecule is CCNC(=NCc1ccc(C(=O)NC(C)CC)cc1)Nc1ccc(OC)c(OC)c1.I. The first-order valence-corrected chi connectivity index (χ1v) is 10.2. The first-order valence-electron chi connectivity index (χ1n) is 10.2. The number of halogens is 1. The number of rotatable bonds is 9. The number of carbonyl (C=O) groups excluding carboxylic acids is 1. The van der Waals surface area contributed by atoms with E-state index in [-0.39, 0.29) is 35.9 Å². The van der Waals surface area contributed by atoms with Crippen molar-refractivity contribution < 1.29 is 14.3 Å². The van der Waals surface area contributed by atoms with Crippen LogP contribution in [0.25, 0.3) is 0 Å². The van der Waals surface area contributed by atoms with E-state index in [1.54, 1.807) is 14.2 Å². The molecule has 2 aromatic carbocycles. The number of nitrogens with zero attached hydrogens (tertiary/aromatic N) is 1. The number of anilines is 1. The topological polar surface area (TPSA) is 84.0 Å². The number of benzene rings is 2. The van der Waals surface area contributed by atoms with Gasteiger partial charge in [0.2, 0.25) is 0 Å². The van der Waals surface area contributed by atoms with Gasteiger partial charge in [0.15, 0.2) is 17.5 Å². The molecule has 7 nitrogen and oxygen atoms in total. The van der Waals surface area contributed by atoms with Crippen molar-refractivity contribution in [1.29, 1.82) is 0 Å². The average molecular weight is 540 g/mol. The van der Waals surface area contributed by atoms with Crippen LogP contribution in [0.5, 0.6) is 11.5 Å². The number of hydrogen-bond acceptors (Lipinski definition) is 4. The molecule has 0 aliphatic heterocycles. The molecular weight excluding hydrogens is 507 g/mol. The summed E-state index contributed by atoms with van der Waals surface area (Å²) in [4.78, 5) is 16.8. The second kappa shape index (κ2) is 13.7. The lowest BCUT2D eigenvalue weighted by Crippen LogP contribution is -2.31. The zero-order chi connectivity index (χ0) is 21.9. The summed E-state index contributed by atoms with van der Waals surface area (Å²) in [5.74, 6) is 1.92. The summed E-state index contributed by atoms with van der Waals surface area (Å²) in [6.07, 6.45) is 0.902. The number of hydrogen-bond donors (Lipinski definition) is 3. The summed E-state index contributed by atoms with van der Waals surface area (Å²) in [5, 5.41) is 9.47. The minimum Gasteiger partial charge on any atom is -0.493 e. The van der Waals surface area contributed by atoms with E-state index in [0.29, 0.717) is 29.6 Å². The highest BCUT2D eigenvalue weighted by Crippen LogP contribution is 2.29. The molecule has 0 spiro atoms. The fraction of sp³-hybridized carbons (Fsp3) is 0.391. The molecule has 0 aliphatic rings. The standard InChI is InChI=1S/C23H32N4O3.HI/c1-6-16(3)26-22(28)18-10-8-17(9-11-18)15-25-23(24-7-2)27-19-12-13-20(29-4)21(14-19)30-5;/h8-14,16H,6-7,15H2,1-5H3,(H,26,28)(H2,24,25,27);1H. The lowest BCUT2D eigenvalue weighted by molar-refractivity contribution is 0.0939. The van der Waals surface area contributed by atoms with E-state index < -0.39 is 0 Å². The van der Waals surface area contributed by atoms with Gasteiger partial charge in [-0.1, -0.05) is 19.1 Å². The molecule has 170 valence electrons. The molecule has 0 aromatic heterocycles. The Hall–Kier alpha value is -2.49. The third kappa shape index (κ3) is 8.28. The van der Waals surface area contributed by atoms with Crippen molar-refractivity contribution in [3.8, 4) is 11.5 Å². The van der Waals surface area contributed by atoms with Crippen molar-refractivity contribution in [2.75, 3.05) is 26.1 Å². The predicted molar refractivity (Wildman–Crippen MR) is 137 cm³/mol. The maximum absolute atomic E-state index is 12.2. The molecule has 3 N–H and O–H groups in total. The van der Waals surface area contributed by atoms with E-state index in [2.05, 4.69) is 20.9 Å². The fourth-order valence-corrected chi connectivity index (χ4v) is 2.70. The summed E-state index contributed by atoms with van der Waals surface area (Å²) in [5.41, 5.74) is 2.50. The molecule has 0 radical (unpaired) electrons. The van der Waals surface area contributed by atoms with Gasteiger partial charge in [0.05, 0.1) is 20.8 Å². The van der Waals surface area contributed by atoms with Crippen molar-refractivity contribution in [3.63, 3.8) is 0 Å². The average Bonchev–Trinajstić information content (AvgIpc) is 2.77. The van der Waals surface area contributed by atoms with Crippen LogP contribution < -0.4 is 25.4 Å². The predicted octanol–water partition coefficient (Wildman–Crippen LogP) is 4.43. The quantitative estimate of drug-likeness (QED) is 0.249. The molecule has 0 fully saturated rings. The maximum atomic E-state index is 12.2. The number of methoxy groups -OCH3 is 2. The molecule has 31 heavy (non-hydrogen) atoms. The molecule has 2 rings (SSSR count). The van der Waals surface area contributed by atoms with E-state index >= 15 is 0 Å². The van der Waals surface area contributed by atoms with Crippen LogP contribution in [-0.2, 0) is 6.54 Å². The van der Waals surface area contributed by atoms with Crippen molar-refractivity contribution >= 4 is 41.5 Å². The third-order valence-electron chi connectivity index (χ3n) is 4.62. The van der Waals surface area contributed by atoms with Gasteiger partial charge < -0.3 is 25.4 Å². The normalized spacial score (nSPS) is 11.7. The number of guanidine groups is 1. The van der Waals surface area contributed by atoms with Gasteiger partial charge >= 0.3 is 0 Å². The monoisotopic (exact) mass is 540 g/mol. The highest BCUT2D eigenvalue weighted by Gasteiger charge is 2.09. The van der Waals surface area contributed by atoms with E-state index in [1.165, 1.54) is 0 Å². The Balaban J connectivity index is 0.00000480. The lowest BCUT2D eigenvalue weighted by Gasteiger charge is -2.14. The zero-order valence-corrected chi connectivity index (χ0v) is 21.2. The number of carbonyl (C=O) groups is 1. The molecule has 0 saturated carbocycles. The van der Waals surface area contributed by atoms with Gasteiger partial charge in [-0.2, -0.15) is 0 Å². The van der Waals surface area contributed by atoms with Gasteiger partial charge in [-0.05, 0) is 50.1 Å². The van der Waals surface area contributed by atoms with Crippen LogP contribution in [0.15, 0.2) is 47.5 Å². The molecule has 0 heterocycles. The molecule has 8 heteroatoms. The van der Waals surface area contributed by atoms with E-state index in [1.807, 2.05) is 63.2 Å². The number of ether oxygens (including phenoxy) is 2. The summed E-state index contributed by atoms with van der Waals surface area (Å²) >= 11 is 0. The van der Waals surface area contributed by atoms with Crippen molar-refractivity contribution in [1.82, 2.24) is 10.6 Å². The molecule has 2 aromatic rings. The third-order valence-corrected chi connectivity index (χ3v) is 4.62. The smallest absolute Gasteiger partial charge is 0.251 e. The lowest BCUT2D eigenvalue weighted by atomic mass is 10.1. The van der Waals surface area contributed by atoms with Gasteiger partial charge in [-0.25, -0.2) is 4.99 Å². The Morgan fingerprint density at radius 1 is 1.03 bits per heavy atom. The zero-order valence-electron chi connectivity index (χ0n) is 18.8. The molecule has 0 bridgehead atoms. The summed E-state index contributed by atoms with van der Waals surface area (Å²) in [7, 11) is 3.21. The summed E-state index contributed by atoms with van der Waals surface area (Å²) in [6.45, 7) is 7.26. The Kier molecular flexibility index (Phi) is 11.8. The van der Waals surface area contributed by atoms with Gasteiger partial charge in [0, 0.05) is 29.9 Å². The van der Waals surface area contributed by atoms with E-state index in [9.17, 15) is 4.79 Å². The highest BCUT2D eigenvalue weighted by molar-refractivity contribution is 14.0. The minimum atomic E-state index is -0.0529. The Morgan fingerprint density at radius 2 is 1.71 bits per heavy atom. The molecule has 1 atom stereocenters. The Labute approximate surface area is 202 Å². The van der Waals surface area contributed by atoms with Gasteiger partial charge in [-0.15, -0.1) is 24.0 Å². The molecule has 0 saturated heterocycles. The van der Waals surface area contributed by atoms with Crippen LogP contribution in [-0.4, -0.2) is 38.7 Å². The summed E-state index contributed by atoms with van der Waals surface area (Å²) < 4.78 is 10.6. The molecule has 0 aliphatic carbocycles. The van der Waals surface area contributed by atoms with Crippen LogP contribution in [0.4, 0.5) is 5.69 Å². The van der Waals surface area contributed by atoms with Gasteiger partial charge in [-0.3, -0.25) is 4.79 Å². The maximum Gasteiger partial charge on any atom is 0.251 e. The summed E-state index contributed by atoms with van der Waals surface area (Å²) in [6, 6.07) is 13.3. The van der Waals surface area contributed by atoms with E-state index in [4.69, 9.17) is 9.47 Å². The minimum absolute atomic E-state index is 0. The van der Waals surface area contributed by atoms with Crippen molar-refractivity contribution in [2.45, 2.75) is 39.8 Å².